The van der Waals surface area contributed by atoms with Crippen molar-refractivity contribution in [1.82, 2.24) is 14.6 Å². The summed E-state index contributed by atoms with van der Waals surface area (Å²) < 4.78 is 89.8. The molecule has 1 aromatic heterocycles. The lowest BCUT2D eigenvalue weighted by atomic mass is 10.1. The number of pyridine rings is 1. The van der Waals surface area contributed by atoms with E-state index in [-0.39, 0.29) is 17.9 Å². The van der Waals surface area contributed by atoms with Gasteiger partial charge in [-0.3, -0.25) is 14.5 Å². The normalized spacial score (nSPS) is 17.8. The molecule has 1 aliphatic heterocycles. The lowest BCUT2D eigenvalue weighted by Crippen LogP contribution is -2.37. The first-order valence-electron chi connectivity index (χ1n) is 9.95. The first kappa shape index (κ1) is 24.9. The maximum absolute atomic E-state index is 13.2. The molecule has 1 aliphatic carbocycles. The Bertz CT molecular complexity index is 1410. The summed E-state index contributed by atoms with van der Waals surface area (Å²) in [5.41, 5.74) is -6.35. The molecule has 188 valence electrons. The second-order valence-electron chi connectivity index (χ2n) is 7.83. The van der Waals surface area contributed by atoms with Crippen molar-refractivity contribution in [3.8, 4) is 0 Å². The number of amides is 3. The van der Waals surface area contributed by atoms with Gasteiger partial charge < -0.3 is 4.90 Å². The highest BCUT2D eigenvalue weighted by atomic mass is 32.2. The maximum Gasteiger partial charge on any atom is 0.501 e. The molecule has 11 nitrogen and oxygen atoms in total. The summed E-state index contributed by atoms with van der Waals surface area (Å²) in [6.07, 6.45) is 3.28. The first-order valence-corrected chi connectivity index (χ1v) is 12.9. The Hall–Kier alpha value is -3.24. The summed E-state index contributed by atoms with van der Waals surface area (Å²) in [7, 11) is -8.29. The predicted molar refractivity (Wildman–Crippen MR) is 116 cm³/mol. The Labute approximate surface area is 198 Å². The number of anilines is 2. The average Bonchev–Trinajstić information content (AvgIpc) is 3.56. The minimum Gasteiger partial charge on any atom is -0.305 e. The van der Waals surface area contributed by atoms with Crippen LogP contribution >= 0.6 is 0 Å². The lowest BCUT2D eigenvalue weighted by molar-refractivity contribution is -0.120. The number of carbonyl (C=O) groups excluding carboxylic acids is 2. The molecule has 2 aromatic rings. The molecule has 2 fully saturated rings. The molecule has 0 atom stereocenters. The standard InChI is InChI=1S/C19H18F3N5O6S2/c1-23-35(32,33)25-15-10-24-9-6-12(15)11-26-17(29)27(16(28)18(26)7-8-18)13-2-4-14(5-3-13)34(30,31)19(20,21)22/h2-6,9-10,23,25H,7-8,11H2,1H3. The Morgan fingerprint density at radius 1 is 1.06 bits per heavy atom. The smallest absolute Gasteiger partial charge is 0.305 e. The molecule has 1 saturated heterocycles. The molecule has 3 amide bonds. The third-order valence-electron chi connectivity index (χ3n) is 5.73. The number of urea groups is 1. The van der Waals surface area contributed by atoms with Gasteiger partial charge in [-0.15, -0.1) is 0 Å². The van der Waals surface area contributed by atoms with Crippen LogP contribution in [0.3, 0.4) is 0 Å². The van der Waals surface area contributed by atoms with Crippen LogP contribution in [0.25, 0.3) is 0 Å². The average molecular weight is 534 g/mol. The molecule has 2 heterocycles. The molecular formula is C19H18F3N5O6S2. The van der Waals surface area contributed by atoms with Crippen molar-refractivity contribution in [2.75, 3.05) is 16.7 Å². The molecule has 1 aromatic carbocycles. The molecule has 0 bridgehead atoms. The number of rotatable bonds is 7. The number of benzene rings is 1. The molecule has 0 unspecified atom stereocenters. The largest absolute Gasteiger partial charge is 0.501 e. The molecule has 1 saturated carbocycles. The van der Waals surface area contributed by atoms with Gasteiger partial charge in [-0.25, -0.2) is 22.8 Å². The highest BCUT2D eigenvalue weighted by Crippen LogP contribution is 2.50. The molecule has 2 aliphatic rings. The van der Waals surface area contributed by atoms with Crippen LogP contribution < -0.4 is 14.3 Å². The fourth-order valence-electron chi connectivity index (χ4n) is 3.69. The number of sulfone groups is 1. The van der Waals surface area contributed by atoms with Crippen LogP contribution in [0, 0.1) is 0 Å². The quantitative estimate of drug-likeness (QED) is 0.516. The van der Waals surface area contributed by atoms with E-state index < -0.39 is 47.9 Å². The van der Waals surface area contributed by atoms with E-state index in [9.17, 15) is 39.6 Å². The summed E-state index contributed by atoms with van der Waals surface area (Å²) in [5.74, 6) is -0.611. The van der Waals surface area contributed by atoms with E-state index in [1.54, 1.807) is 0 Å². The molecular weight excluding hydrogens is 515 g/mol. The number of nitrogens with zero attached hydrogens (tertiary/aromatic N) is 3. The van der Waals surface area contributed by atoms with Crippen LogP contribution in [0.5, 0.6) is 0 Å². The van der Waals surface area contributed by atoms with Crippen LogP contribution in [0.1, 0.15) is 18.4 Å². The van der Waals surface area contributed by atoms with Crippen LogP contribution in [-0.4, -0.2) is 56.8 Å². The van der Waals surface area contributed by atoms with Crippen molar-refractivity contribution in [1.29, 1.82) is 0 Å². The van der Waals surface area contributed by atoms with E-state index in [1.165, 1.54) is 30.4 Å². The fraction of sp³-hybridized carbons (Fsp3) is 0.316. The van der Waals surface area contributed by atoms with Crippen LogP contribution in [0.15, 0.2) is 47.6 Å². The first-order chi connectivity index (χ1) is 16.2. The third-order valence-corrected chi connectivity index (χ3v) is 8.25. The van der Waals surface area contributed by atoms with Gasteiger partial charge in [0.05, 0.1) is 29.0 Å². The van der Waals surface area contributed by atoms with Gasteiger partial charge in [0.15, 0.2) is 0 Å². The fourth-order valence-corrected chi connectivity index (χ4v) is 5.03. The van der Waals surface area contributed by atoms with Crippen molar-refractivity contribution in [3.63, 3.8) is 0 Å². The van der Waals surface area contributed by atoms with Crippen molar-refractivity contribution in [3.05, 3.63) is 48.3 Å². The summed E-state index contributed by atoms with van der Waals surface area (Å²) in [6.45, 7) is -0.161. The Morgan fingerprint density at radius 2 is 1.69 bits per heavy atom. The van der Waals surface area contributed by atoms with Gasteiger partial charge in [0.1, 0.15) is 5.54 Å². The van der Waals surface area contributed by atoms with E-state index in [2.05, 4.69) is 14.4 Å². The van der Waals surface area contributed by atoms with Gasteiger partial charge in [0.2, 0.25) is 0 Å². The Balaban J connectivity index is 1.64. The minimum absolute atomic E-state index is 0.0815. The Kier molecular flexibility index (Phi) is 5.80. The molecule has 16 heteroatoms. The zero-order valence-corrected chi connectivity index (χ0v) is 19.5. The summed E-state index contributed by atoms with van der Waals surface area (Å²) in [4.78, 5) is 31.2. The summed E-state index contributed by atoms with van der Waals surface area (Å²) in [5, 5.41) is 0. The maximum atomic E-state index is 13.2. The topological polar surface area (TPSA) is 146 Å². The van der Waals surface area contributed by atoms with Gasteiger partial charge in [-0.2, -0.15) is 21.6 Å². The lowest BCUT2D eigenvalue weighted by Gasteiger charge is -2.23. The van der Waals surface area contributed by atoms with Crippen LogP contribution in [0.2, 0.25) is 0 Å². The third kappa shape index (κ3) is 4.21. The van der Waals surface area contributed by atoms with Gasteiger partial charge in [-0.1, -0.05) is 0 Å². The highest BCUT2D eigenvalue weighted by molar-refractivity contribution is 7.92. The number of hydrogen-bond acceptors (Lipinski definition) is 7. The second kappa shape index (κ2) is 8.17. The van der Waals surface area contributed by atoms with Crippen molar-refractivity contribution in [2.45, 2.75) is 35.3 Å². The molecule has 2 N–H and O–H groups in total. The minimum atomic E-state index is -5.59. The van der Waals surface area contributed by atoms with Crippen molar-refractivity contribution >= 4 is 43.4 Å². The zero-order valence-electron chi connectivity index (χ0n) is 17.9. The van der Waals surface area contributed by atoms with Gasteiger partial charge in [0.25, 0.3) is 26.0 Å². The summed E-state index contributed by atoms with van der Waals surface area (Å²) >= 11 is 0. The number of aromatic nitrogens is 1. The van der Waals surface area contributed by atoms with E-state index in [4.69, 9.17) is 0 Å². The van der Waals surface area contributed by atoms with Crippen LogP contribution in [0.4, 0.5) is 29.3 Å². The molecule has 4 rings (SSSR count). The summed E-state index contributed by atoms with van der Waals surface area (Å²) in [6, 6.07) is 3.95. The number of imide groups is 1. The van der Waals surface area contributed by atoms with E-state index in [0.29, 0.717) is 30.5 Å². The number of nitrogens with one attached hydrogen (secondary N) is 2. The molecule has 35 heavy (non-hydrogen) atoms. The highest BCUT2D eigenvalue weighted by Gasteiger charge is 2.65. The molecule has 1 spiro atoms. The van der Waals surface area contributed by atoms with E-state index in [0.717, 1.165) is 17.0 Å². The predicted octanol–water partition coefficient (Wildman–Crippen LogP) is 1.75. The number of alkyl halides is 3. The van der Waals surface area contributed by atoms with Gasteiger partial charge >= 0.3 is 11.5 Å². The van der Waals surface area contributed by atoms with E-state index in [1.807, 2.05) is 0 Å². The van der Waals surface area contributed by atoms with Gasteiger partial charge in [-0.05, 0) is 48.7 Å². The van der Waals surface area contributed by atoms with Crippen LogP contribution in [-0.2, 0) is 31.4 Å². The monoisotopic (exact) mass is 533 g/mol. The van der Waals surface area contributed by atoms with Gasteiger partial charge in [0, 0.05) is 13.2 Å². The molecule has 0 radical (unpaired) electrons. The van der Waals surface area contributed by atoms with E-state index >= 15 is 0 Å². The number of carbonyl (C=O) groups is 2. The number of halogens is 3. The number of hydrogen-bond donors (Lipinski definition) is 2. The Morgan fingerprint density at radius 3 is 2.23 bits per heavy atom. The van der Waals surface area contributed by atoms with Crippen molar-refractivity contribution < 1.29 is 39.6 Å². The van der Waals surface area contributed by atoms with Crippen molar-refractivity contribution in [2.24, 2.45) is 0 Å². The second-order valence-corrected chi connectivity index (χ2v) is 11.4. The SMILES string of the molecule is CNS(=O)(=O)Nc1cnccc1CN1C(=O)N(c2ccc(S(=O)(=O)C(F)(F)F)cc2)C(=O)C12CC2. The zero-order chi connectivity index (χ0) is 25.8.